The van der Waals surface area contributed by atoms with Crippen LogP contribution in [0.2, 0.25) is 0 Å². The van der Waals surface area contributed by atoms with Crippen LogP contribution in [0.15, 0.2) is 28.7 Å². The molecule has 0 radical (unpaired) electrons. The first-order valence-electron chi connectivity index (χ1n) is 5.78. The second-order valence-corrected chi connectivity index (χ2v) is 6.23. The molecule has 2 N–H and O–H groups in total. The summed E-state index contributed by atoms with van der Waals surface area (Å²) >= 11 is 5.50. The van der Waals surface area contributed by atoms with E-state index in [4.69, 9.17) is 5.73 Å². The molecule has 16 heavy (non-hydrogen) atoms. The van der Waals surface area contributed by atoms with Gasteiger partial charge in [0, 0.05) is 4.47 Å². The van der Waals surface area contributed by atoms with Crippen LogP contribution in [-0.4, -0.2) is 18.1 Å². The number of hydrogen-bond donors (Lipinski definition) is 1. The van der Waals surface area contributed by atoms with Gasteiger partial charge in [-0.2, -0.15) is 11.8 Å². The lowest BCUT2D eigenvalue weighted by molar-refractivity contribution is 0.523. The van der Waals surface area contributed by atoms with Crippen molar-refractivity contribution in [2.24, 2.45) is 11.7 Å². The molecule has 90 valence electrons. The van der Waals surface area contributed by atoms with E-state index in [0.717, 1.165) is 17.4 Å². The minimum Gasteiger partial charge on any atom is -0.330 e. The van der Waals surface area contributed by atoms with Gasteiger partial charge in [-0.05, 0) is 54.5 Å². The third-order valence-corrected chi connectivity index (χ3v) is 4.05. The van der Waals surface area contributed by atoms with Gasteiger partial charge < -0.3 is 5.73 Å². The summed E-state index contributed by atoms with van der Waals surface area (Å²) in [5.74, 6) is 3.05. The van der Waals surface area contributed by atoms with Gasteiger partial charge in [-0.15, -0.1) is 0 Å². The molecule has 0 aliphatic heterocycles. The molecule has 0 saturated carbocycles. The number of thioether (sulfide) groups is 1. The highest BCUT2D eigenvalue weighted by Gasteiger charge is 2.07. The molecular weight excluding hydrogens is 282 g/mol. The molecule has 0 spiro atoms. The summed E-state index contributed by atoms with van der Waals surface area (Å²) in [6, 6.07) is 8.53. The maximum Gasteiger partial charge on any atom is 0.0177 e. The van der Waals surface area contributed by atoms with Gasteiger partial charge in [-0.3, -0.25) is 0 Å². The van der Waals surface area contributed by atoms with Crippen LogP contribution >= 0.6 is 27.7 Å². The maximum atomic E-state index is 5.82. The summed E-state index contributed by atoms with van der Waals surface area (Å²) in [5.41, 5.74) is 7.20. The highest BCUT2D eigenvalue weighted by Crippen LogP contribution is 2.17. The van der Waals surface area contributed by atoms with Crippen molar-refractivity contribution in [3.05, 3.63) is 34.3 Å². The van der Waals surface area contributed by atoms with E-state index in [-0.39, 0.29) is 0 Å². The van der Waals surface area contributed by atoms with Crippen molar-refractivity contribution in [1.82, 2.24) is 0 Å². The van der Waals surface area contributed by atoms with E-state index < -0.39 is 0 Å². The van der Waals surface area contributed by atoms with Gasteiger partial charge in [0.1, 0.15) is 0 Å². The Hall–Kier alpha value is 0.01000. The van der Waals surface area contributed by atoms with Crippen LogP contribution in [0, 0.1) is 5.92 Å². The number of rotatable bonds is 7. The van der Waals surface area contributed by atoms with Crippen LogP contribution in [0.25, 0.3) is 0 Å². The molecular formula is C13H20BrNS. The Kier molecular flexibility index (Phi) is 7.17. The second kappa shape index (κ2) is 8.15. The smallest absolute Gasteiger partial charge is 0.0177 e. The zero-order valence-corrected chi connectivity index (χ0v) is 12.2. The Labute approximate surface area is 111 Å². The number of hydrogen-bond acceptors (Lipinski definition) is 2. The minimum atomic E-state index is 0.619. The van der Waals surface area contributed by atoms with Gasteiger partial charge >= 0.3 is 0 Å². The fourth-order valence-electron chi connectivity index (χ4n) is 1.69. The van der Waals surface area contributed by atoms with E-state index in [9.17, 15) is 0 Å². The Morgan fingerprint density at radius 3 is 2.88 bits per heavy atom. The number of halogens is 1. The predicted octanol–water partition coefficient (Wildman–Crippen LogP) is 3.71. The van der Waals surface area contributed by atoms with Crippen LogP contribution in [0.1, 0.15) is 18.9 Å². The van der Waals surface area contributed by atoms with Gasteiger partial charge in [0.15, 0.2) is 0 Å². The van der Waals surface area contributed by atoms with Crippen LogP contribution < -0.4 is 5.73 Å². The molecule has 0 fully saturated rings. The Bertz CT molecular complexity index is 304. The SMILES string of the molecule is CCSCCC(CN)Cc1cccc(Br)c1. The zero-order valence-electron chi connectivity index (χ0n) is 9.79. The first-order chi connectivity index (χ1) is 7.76. The fourth-order valence-corrected chi connectivity index (χ4v) is 2.93. The molecule has 1 aromatic rings. The van der Waals surface area contributed by atoms with E-state index >= 15 is 0 Å². The normalized spacial score (nSPS) is 12.7. The van der Waals surface area contributed by atoms with Crippen molar-refractivity contribution >= 4 is 27.7 Å². The molecule has 0 aromatic heterocycles. The molecule has 0 bridgehead atoms. The van der Waals surface area contributed by atoms with Crippen molar-refractivity contribution in [2.75, 3.05) is 18.1 Å². The van der Waals surface area contributed by atoms with Crippen LogP contribution in [0.5, 0.6) is 0 Å². The van der Waals surface area contributed by atoms with E-state index in [2.05, 4.69) is 47.1 Å². The van der Waals surface area contributed by atoms with Gasteiger partial charge in [-0.1, -0.05) is 35.0 Å². The van der Waals surface area contributed by atoms with Crippen LogP contribution in [-0.2, 0) is 6.42 Å². The quantitative estimate of drug-likeness (QED) is 0.777. The third kappa shape index (κ3) is 5.37. The summed E-state index contributed by atoms with van der Waals surface area (Å²) < 4.78 is 1.16. The molecule has 1 rings (SSSR count). The molecule has 1 nitrogen and oxygen atoms in total. The first kappa shape index (κ1) is 14.1. The molecule has 1 unspecified atom stereocenters. The summed E-state index contributed by atoms with van der Waals surface area (Å²) in [6.45, 7) is 2.99. The summed E-state index contributed by atoms with van der Waals surface area (Å²) in [5, 5.41) is 0. The minimum absolute atomic E-state index is 0.619. The average Bonchev–Trinajstić information content (AvgIpc) is 2.28. The predicted molar refractivity (Wildman–Crippen MR) is 78.0 cm³/mol. The Morgan fingerprint density at radius 2 is 2.25 bits per heavy atom. The van der Waals surface area contributed by atoms with E-state index in [1.807, 2.05) is 11.8 Å². The second-order valence-electron chi connectivity index (χ2n) is 3.92. The molecule has 0 aliphatic rings. The topological polar surface area (TPSA) is 26.0 Å². The summed E-state index contributed by atoms with van der Waals surface area (Å²) in [6.07, 6.45) is 2.32. The van der Waals surface area contributed by atoms with Crippen molar-refractivity contribution in [3.8, 4) is 0 Å². The Morgan fingerprint density at radius 1 is 1.44 bits per heavy atom. The fraction of sp³-hybridized carbons (Fsp3) is 0.538. The molecule has 0 aliphatic carbocycles. The van der Waals surface area contributed by atoms with Crippen LogP contribution in [0.4, 0.5) is 0 Å². The summed E-state index contributed by atoms with van der Waals surface area (Å²) in [4.78, 5) is 0. The highest BCUT2D eigenvalue weighted by atomic mass is 79.9. The Balaban J connectivity index is 2.43. The largest absolute Gasteiger partial charge is 0.330 e. The molecule has 0 saturated heterocycles. The molecule has 1 atom stereocenters. The van der Waals surface area contributed by atoms with Crippen molar-refractivity contribution in [1.29, 1.82) is 0 Å². The van der Waals surface area contributed by atoms with Gasteiger partial charge in [-0.25, -0.2) is 0 Å². The van der Waals surface area contributed by atoms with E-state index in [1.165, 1.54) is 23.5 Å². The third-order valence-electron chi connectivity index (χ3n) is 2.62. The first-order valence-corrected chi connectivity index (χ1v) is 7.73. The zero-order chi connectivity index (χ0) is 11.8. The molecule has 1 aromatic carbocycles. The van der Waals surface area contributed by atoms with E-state index in [0.29, 0.717) is 5.92 Å². The maximum absolute atomic E-state index is 5.82. The van der Waals surface area contributed by atoms with E-state index in [1.54, 1.807) is 0 Å². The monoisotopic (exact) mass is 301 g/mol. The highest BCUT2D eigenvalue weighted by molar-refractivity contribution is 9.10. The van der Waals surface area contributed by atoms with Crippen LogP contribution in [0.3, 0.4) is 0 Å². The molecule has 0 heterocycles. The van der Waals surface area contributed by atoms with Gasteiger partial charge in [0.2, 0.25) is 0 Å². The lowest BCUT2D eigenvalue weighted by atomic mass is 9.97. The van der Waals surface area contributed by atoms with Crippen molar-refractivity contribution in [3.63, 3.8) is 0 Å². The van der Waals surface area contributed by atoms with Crippen molar-refractivity contribution < 1.29 is 0 Å². The number of benzene rings is 1. The van der Waals surface area contributed by atoms with Gasteiger partial charge in [0.25, 0.3) is 0 Å². The average molecular weight is 302 g/mol. The standard InChI is InChI=1S/C13H20BrNS/c1-2-16-7-6-12(10-15)8-11-4-3-5-13(14)9-11/h3-5,9,12H,2,6-8,10,15H2,1H3. The van der Waals surface area contributed by atoms with Crippen molar-refractivity contribution in [2.45, 2.75) is 19.8 Å². The lowest BCUT2D eigenvalue weighted by Crippen LogP contribution is -2.17. The lowest BCUT2D eigenvalue weighted by Gasteiger charge is -2.14. The van der Waals surface area contributed by atoms with Gasteiger partial charge in [0.05, 0.1) is 0 Å². The summed E-state index contributed by atoms with van der Waals surface area (Å²) in [7, 11) is 0. The molecule has 0 amide bonds. The molecule has 3 heteroatoms. The number of nitrogens with two attached hydrogens (primary N) is 1.